The van der Waals surface area contributed by atoms with E-state index in [0.29, 0.717) is 0 Å². The maximum absolute atomic E-state index is 10.1. The normalized spacial score (nSPS) is 13.5. The Bertz CT molecular complexity index is 155. The van der Waals surface area contributed by atoms with Gasteiger partial charge in [-0.2, -0.15) is 11.8 Å². The van der Waals surface area contributed by atoms with Crippen molar-refractivity contribution in [3.05, 3.63) is 12.2 Å². The molecule has 2 nitrogen and oxygen atoms in total. The third-order valence-corrected chi connectivity index (χ3v) is 2.81. The number of hydrogen-bond donors (Lipinski definition) is 1. The van der Waals surface area contributed by atoms with Gasteiger partial charge in [0.2, 0.25) is 0 Å². The molecule has 0 fully saturated rings. The first-order valence-electron chi connectivity index (χ1n) is 4.14. The quantitative estimate of drug-likeness (QED) is 0.513. The Hall–Kier alpha value is -0.440. The fourth-order valence-corrected chi connectivity index (χ4v) is 1.61. The van der Waals surface area contributed by atoms with E-state index < -0.39 is 5.97 Å². The molecule has 1 atom stereocenters. The first kappa shape index (κ1) is 11.6. The van der Waals surface area contributed by atoms with Crippen LogP contribution in [0.1, 0.15) is 20.3 Å². The molecule has 0 spiro atoms. The molecule has 0 amide bonds. The largest absolute Gasteiger partial charge is 0.478 e. The van der Waals surface area contributed by atoms with Crippen molar-refractivity contribution in [1.29, 1.82) is 0 Å². The Morgan fingerprint density at radius 2 is 2.33 bits per heavy atom. The van der Waals surface area contributed by atoms with Crippen LogP contribution in [0.3, 0.4) is 0 Å². The fraction of sp³-hybridized carbons (Fsp3) is 0.667. The summed E-state index contributed by atoms with van der Waals surface area (Å²) >= 11 is 1.78. The van der Waals surface area contributed by atoms with Gasteiger partial charge in [-0.25, -0.2) is 4.79 Å². The molecule has 0 radical (unpaired) electrons. The second-order valence-electron chi connectivity index (χ2n) is 2.79. The summed E-state index contributed by atoms with van der Waals surface area (Å²) in [5.74, 6) is 1.78. The highest BCUT2D eigenvalue weighted by molar-refractivity contribution is 7.99. The molecular weight excluding hydrogens is 172 g/mol. The minimum atomic E-state index is -0.862. The Morgan fingerprint density at radius 3 is 2.83 bits per heavy atom. The third kappa shape index (κ3) is 7.66. The molecule has 0 rings (SSSR count). The van der Waals surface area contributed by atoms with E-state index in [2.05, 4.69) is 13.8 Å². The Labute approximate surface area is 78.0 Å². The number of aliphatic carboxylic acids is 1. The minimum absolute atomic E-state index is 0.730. The molecule has 0 aromatic carbocycles. The van der Waals surface area contributed by atoms with Crippen LogP contribution in [0.15, 0.2) is 12.2 Å². The van der Waals surface area contributed by atoms with Crippen molar-refractivity contribution in [2.75, 3.05) is 11.5 Å². The van der Waals surface area contributed by atoms with Gasteiger partial charge in [-0.1, -0.05) is 26.3 Å². The average Bonchev–Trinajstić information content (AvgIpc) is 2.03. The molecule has 0 aromatic heterocycles. The van der Waals surface area contributed by atoms with Crippen molar-refractivity contribution in [2.45, 2.75) is 20.3 Å². The molecule has 0 bridgehead atoms. The zero-order valence-corrected chi connectivity index (χ0v) is 8.43. The van der Waals surface area contributed by atoms with Crippen LogP contribution in [0.2, 0.25) is 0 Å². The number of carbonyl (C=O) groups is 1. The SMILES string of the molecule is CCC(C)CSC/C=C/C(=O)O. The van der Waals surface area contributed by atoms with Gasteiger partial charge in [0, 0.05) is 11.8 Å². The van der Waals surface area contributed by atoms with Crippen LogP contribution in [-0.2, 0) is 4.79 Å². The van der Waals surface area contributed by atoms with Crippen LogP contribution in [0.5, 0.6) is 0 Å². The number of rotatable bonds is 6. The summed E-state index contributed by atoms with van der Waals surface area (Å²) < 4.78 is 0. The molecule has 0 aliphatic rings. The highest BCUT2D eigenvalue weighted by Crippen LogP contribution is 2.10. The van der Waals surface area contributed by atoms with Gasteiger partial charge in [0.15, 0.2) is 0 Å². The number of carboxylic acids is 1. The van der Waals surface area contributed by atoms with Crippen LogP contribution in [0.25, 0.3) is 0 Å². The van der Waals surface area contributed by atoms with E-state index in [1.54, 1.807) is 17.8 Å². The summed E-state index contributed by atoms with van der Waals surface area (Å²) in [5.41, 5.74) is 0. The number of hydrogen-bond acceptors (Lipinski definition) is 2. The predicted octanol–water partition coefficient (Wildman–Crippen LogP) is 2.41. The topological polar surface area (TPSA) is 37.3 Å². The van der Waals surface area contributed by atoms with Crippen molar-refractivity contribution >= 4 is 17.7 Å². The van der Waals surface area contributed by atoms with E-state index in [9.17, 15) is 4.79 Å². The van der Waals surface area contributed by atoms with E-state index >= 15 is 0 Å². The molecule has 0 saturated carbocycles. The van der Waals surface area contributed by atoms with Gasteiger partial charge >= 0.3 is 5.97 Å². The van der Waals surface area contributed by atoms with Gasteiger partial charge in [-0.3, -0.25) is 0 Å². The highest BCUT2D eigenvalue weighted by atomic mass is 32.2. The number of carboxylic acid groups (broad SMARTS) is 1. The van der Waals surface area contributed by atoms with Crippen LogP contribution < -0.4 is 0 Å². The third-order valence-electron chi connectivity index (χ3n) is 1.57. The van der Waals surface area contributed by atoms with Gasteiger partial charge in [-0.05, 0) is 11.7 Å². The lowest BCUT2D eigenvalue weighted by Gasteiger charge is -2.04. The van der Waals surface area contributed by atoms with E-state index in [0.717, 1.165) is 17.4 Å². The summed E-state index contributed by atoms with van der Waals surface area (Å²) in [5, 5.41) is 8.27. The summed E-state index contributed by atoms with van der Waals surface area (Å²) in [4.78, 5) is 10.1. The van der Waals surface area contributed by atoms with E-state index in [1.807, 2.05) is 0 Å². The van der Waals surface area contributed by atoms with Crippen LogP contribution in [-0.4, -0.2) is 22.6 Å². The second-order valence-corrected chi connectivity index (χ2v) is 3.87. The molecule has 1 unspecified atom stereocenters. The first-order valence-corrected chi connectivity index (χ1v) is 5.29. The molecule has 0 saturated heterocycles. The molecule has 0 aromatic rings. The van der Waals surface area contributed by atoms with Gasteiger partial charge in [0.05, 0.1) is 0 Å². The molecule has 1 N–H and O–H groups in total. The van der Waals surface area contributed by atoms with Crippen molar-refractivity contribution in [1.82, 2.24) is 0 Å². The second kappa shape index (κ2) is 7.22. The monoisotopic (exact) mass is 188 g/mol. The average molecular weight is 188 g/mol. The lowest BCUT2D eigenvalue weighted by Crippen LogP contribution is -1.95. The van der Waals surface area contributed by atoms with Crippen molar-refractivity contribution in [3.8, 4) is 0 Å². The Morgan fingerprint density at radius 1 is 1.67 bits per heavy atom. The molecule has 70 valence electrons. The van der Waals surface area contributed by atoms with Gasteiger partial charge < -0.3 is 5.11 Å². The minimum Gasteiger partial charge on any atom is -0.478 e. The maximum atomic E-state index is 10.1. The van der Waals surface area contributed by atoms with E-state index in [1.165, 1.54) is 12.5 Å². The highest BCUT2D eigenvalue weighted by Gasteiger charge is 1.96. The first-order chi connectivity index (χ1) is 5.66. The van der Waals surface area contributed by atoms with E-state index in [-0.39, 0.29) is 0 Å². The summed E-state index contributed by atoms with van der Waals surface area (Å²) in [6.07, 6.45) is 4.08. The fourth-order valence-electron chi connectivity index (χ4n) is 0.604. The lowest BCUT2D eigenvalue weighted by molar-refractivity contribution is -0.131. The van der Waals surface area contributed by atoms with Crippen molar-refractivity contribution < 1.29 is 9.90 Å². The summed E-state index contributed by atoms with van der Waals surface area (Å²) in [6.45, 7) is 4.37. The van der Waals surface area contributed by atoms with Crippen LogP contribution >= 0.6 is 11.8 Å². The van der Waals surface area contributed by atoms with Gasteiger partial charge in [-0.15, -0.1) is 0 Å². The Kier molecular flexibility index (Phi) is 6.96. The zero-order valence-electron chi connectivity index (χ0n) is 7.62. The summed E-state index contributed by atoms with van der Waals surface area (Å²) in [6, 6.07) is 0. The summed E-state index contributed by atoms with van der Waals surface area (Å²) in [7, 11) is 0. The van der Waals surface area contributed by atoms with Crippen molar-refractivity contribution in [2.24, 2.45) is 5.92 Å². The molecule has 3 heteroatoms. The van der Waals surface area contributed by atoms with Crippen LogP contribution in [0.4, 0.5) is 0 Å². The predicted molar refractivity (Wildman–Crippen MR) is 53.6 cm³/mol. The standard InChI is InChI=1S/C9H16O2S/c1-3-8(2)7-12-6-4-5-9(10)11/h4-5,8H,3,6-7H2,1-2H3,(H,10,11)/b5-4+. The van der Waals surface area contributed by atoms with Gasteiger partial charge in [0.1, 0.15) is 0 Å². The Balaban J connectivity index is 3.26. The molecule has 0 aliphatic heterocycles. The molecule has 0 aliphatic carbocycles. The molecule has 12 heavy (non-hydrogen) atoms. The van der Waals surface area contributed by atoms with Crippen LogP contribution in [0, 0.1) is 5.92 Å². The maximum Gasteiger partial charge on any atom is 0.328 e. The zero-order chi connectivity index (χ0) is 9.40. The van der Waals surface area contributed by atoms with Crippen molar-refractivity contribution in [3.63, 3.8) is 0 Å². The number of thioether (sulfide) groups is 1. The lowest BCUT2D eigenvalue weighted by atomic mass is 10.2. The van der Waals surface area contributed by atoms with Gasteiger partial charge in [0.25, 0.3) is 0 Å². The molecule has 0 heterocycles. The van der Waals surface area contributed by atoms with E-state index in [4.69, 9.17) is 5.11 Å². The molecular formula is C9H16O2S. The smallest absolute Gasteiger partial charge is 0.328 e.